The summed E-state index contributed by atoms with van der Waals surface area (Å²) < 4.78 is 100. The Bertz CT molecular complexity index is 896. The Labute approximate surface area is 182 Å². The minimum Gasteiger partial charge on any atom is -0.788 e. The molecule has 0 spiro atoms. The Balaban J connectivity index is 1.92. The van der Waals surface area contributed by atoms with Crippen LogP contribution in [0.3, 0.4) is 0 Å². The van der Waals surface area contributed by atoms with Crippen LogP contribution < -0.4 is 14.7 Å². The van der Waals surface area contributed by atoms with Gasteiger partial charge in [0.05, 0.1) is 7.57 Å². The van der Waals surface area contributed by atoms with Gasteiger partial charge in [0, 0.05) is 0 Å². The van der Waals surface area contributed by atoms with E-state index in [9.17, 15) is 52.2 Å². The number of rotatable bonds is 0. The molecule has 0 aromatic heterocycles. The van der Waals surface area contributed by atoms with Crippen LogP contribution in [0.15, 0.2) is 0 Å². The van der Waals surface area contributed by atoms with Gasteiger partial charge in [-0.2, -0.15) is 4.31 Å². The molecule has 26 heteroatoms. The summed E-state index contributed by atoms with van der Waals surface area (Å²) in [5.41, 5.74) is 0. The maximum absolute atomic E-state index is 12.4. The average molecular weight is 601 g/mol. The van der Waals surface area contributed by atoms with Crippen LogP contribution in [0.1, 0.15) is 0 Å². The van der Waals surface area contributed by atoms with Gasteiger partial charge in [-0.15, -0.1) is 0 Å². The molecular formula is C7H11O20P6-3. The molecule has 1 saturated carbocycles. The van der Waals surface area contributed by atoms with Crippen molar-refractivity contribution in [2.24, 2.45) is 0 Å². The first kappa shape index (κ1) is 26.9. The summed E-state index contributed by atoms with van der Waals surface area (Å²) in [5.74, 6) is 0. The molecule has 0 aromatic carbocycles. The molecule has 192 valence electrons. The van der Waals surface area contributed by atoms with Gasteiger partial charge in [0.15, 0.2) is 0 Å². The lowest BCUT2D eigenvalue weighted by atomic mass is 9.85. The first-order chi connectivity index (χ1) is 14.7. The first-order valence-corrected chi connectivity index (χ1v) is 17.1. The van der Waals surface area contributed by atoms with Gasteiger partial charge in [0.25, 0.3) is 15.6 Å². The van der Waals surface area contributed by atoms with Crippen LogP contribution >= 0.6 is 46.7 Å². The zero-order chi connectivity index (χ0) is 24.8. The van der Waals surface area contributed by atoms with Crippen LogP contribution in [-0.2, 0) is 62.9 Å². The Kier molecular flexibility index (Phi) is 6.66. The third-order valence-corrected chi connectivity index (χ3v) is 12.3. The van der Waals surface area contributed by atoms with E-state index in [0.29, 0.717) is 0 Å². The molecule has 1 aliphatic carbocycles. The third kappa shape index (κ3) is 5.89. The number of fused-ring (bicyclic) bond motifs is 6. The Morgan fingerprint density at radius 2 is 0.818 bits per heavy atom. The maximum Gasteiger partial charge on any atom is 0.481 e. The zero-order valence-electron chi connectivity index (χ0n) is 15.1. The summed E-state index contributed by atoms with van der Waals surface area (Å²) in [5, 5.41) is 0. The average Bonchev–Trinajstić information content (AvgIpc) is 2.74. The highest BCUT2D eigenvalue weighted by atomic mass is 31.3. The second kappa shape index (κ2) is 8.17. The van der Waals surface area contributed by atoms with Crippen molar-refractivity contribution in [2.75, 3.05) is 0 Å². The molecule has 0 bridgehead atoms. The van der Waals surface area contributed by atoms with Gasteiger partial charge in [0.2, 0.25) is 0 Å². The lowest BCUT2D eigenvalue weighted by Gasteiger charge is -2.47. The summed E-state index contributed by atoms with van der Waals surface area (Å²) in [4.78, 5) is 65.6. The summed E-state index contributed by atoms with van der Waals surface area (Å²) in [7, 11) is -33.2. The molecule has 3 N–H and O–H groups in total. The van der Waals surface area contributed by atoms with E-state index in [4.69, 9.17) is 9.05 Å². The molecule has 3 aliphatic heterocycles. The molecule has 0 amide bonds. The monoisotopic (exact) mass is 601 g/mol. The van der Waals surface area contributed by atoms with E-state index in [0.717, 1.165) is 0 Å². The molecule has 12 unspecified atom stereocenters. The van der Waals surface area contributed by atoms with Crippen molar-refractivity contribution in [3.05, 3.63) is 0 Å². The Morgan fingerprint density at radius 1 is 0.515 bits per heavy atom. The van der Waals surface area contributed by atoms with Gasteiger partial charge in [-0.05, 0) is 0 Å². The van der Waals surface area contributed by atoms with Gasteiger partial charge >= 0.3 is 23.5 Å². The van der Waals surface area contributed by atoms with Gasteiger partial charge in [0.1, 0.15) is 36.6 Å². The lowest BCUT2D eigenvalue weighted by Crippen LogP contribution is -2.65. The Hall–Kier alpha value is 0.850. The van der Waals surface area contributed by atoms with Gasteiger partial charge in [-0.25, -0.2) is 18.0 Å². The van der Waals surface area contributed by atoms with Crippen molar-refractivity contribution < 1.29 is 92.3 Å². The fourth-order valence-electron chi connectivity index (χ4n) is 3.31. The van der Waals surface area contributed by atoms with Crippen LogP contribution in [0, 0.1) is 0 Å². The van der Waals surface area contributed by atoms with Gasteiger partial charge in [-0.1, -0.05) is 6.30 Å². The summed E-state index contributed by atoms with van der Waals surface area (Å²) in [6.45, 7) is 0. The van der Waals surface area contributed by atoms with Gasteiger partial charge in [-0.3, -0.25) is 27.0 Å². The molecule has 4 fully saturated rings. The van der Waals surface area contributed by atoms with Crippen molar-refractivity contribution in [2.45, 2.75) is 36.6 Å². The van der Waals surface area contributed by atoms with E-state index in [1.165, 1.54) is 0 Å². The molecule has 12 atom stereocenters. The quantitative estimate of drug-likeness (QED) is 0.258. The molecule has 4 rings (SSSR count). The van der Waals surface area contributed by atoms with E-state index >= 15 is 0 Å². The fraction of sp³-hybridized carbons (Fsp3) is 0.857. The van der Waals surface area contributed by atoms with Crippen LogP contribution in [0.5, 0.6) is 0 Å². The number of hydrogen-bond acceptors (Lipinski definition) is 17. The topological polar surface area (TPSA) is 298 Å². The third-order valence-electron chi connectivity index (χ3n) is 4.13. The first-order valence-electron chi connectivity index (χ1n) is 7.98. The van der Waals surface area contributed by atoms with Crippen LogP contribution in [0.2, 0.25) is 0 Å². The van der Waals surface area contributed by atoms with Crippen molar-refractivity contribution in [3.63, 3.8) is 0 Å². The second-order valence-corrected chi connectivity index (χ2v) is 15.6. The normalized spacial score (nSPS) is 62.0. The predicted molar refractivity (Wildman–Crippen MR) is 91.2 cm³/mol. The van der Waals surface area contributed by atoms with Crippen molar-refractivity contribution in [1.82, 2.24) is 0 Å². The van der Waals surface area contributed by atoms with E-state index in [1.54, 1.807) is 0 Å². The lowest BCUT2D eigenvalue weighted by molar-refractivity contribution is -0.245. The zero-order valence-corrected chi connectivity index (χ0v) is 20.5. The fourth-order valence-corrected chi connectivity index (χ4v) is 10.8. The van der Waals surface area contributed by atoms with Crippen LogP contribution in [-0.4, -0.2) is 57.6 Å². The van der Waals surface area contributed by atoms with Crippen molar-refractivity contribution in [3.8, 4) is 0 Å². The van der Waals surface area contributed by atoms with Crippen molar-refractivity contribution in [1.29, 1.82) is 0 Å². The standard InChI is InChI=1S/C7H13O20P6/c1-28(8)19-2-3(20-29(9,10)25-28)5-7(24-33(17,18)27-31(13,14)22-5)6-4(2)21-30(11,12)26-32(15,16)23-6/h2-7H,1H2,(H5-,8,9,10,11,12,13,14,15,16,17,18)/q-1/p-2. The summed E-state index contributed by atoms with van der Waals surface area (Å²) in [6.07, 6.45) is -11.3. The molecular weight excluding hydrogens is 590 g/mol. The highest BCUT2D eigenvalue weighted by Crippen LogP contribution is 2.71. The molecule has 0 aromatic rings. The molecule has 3 saturated heterocycles. The van der Waals surface area contributed by atoms with E-state index in [2.05, 4.69) is 37.3 Å². The minimum atomic E-state index is -5.85. The van der Waals surface area contributed by atoms with E-state index < -0.39 is 83.3 Å². The second-order valence-electron chi connectivity index (χ2n) is 6.58. The highest BCUT2D eigenvalue weighted by Gasteiger charge is 2.65. The summed E-state index contributed by atoms with van der Waals surface area (Å²) >= 11 is 0. The minimum absolute atomic E-state index is 2.29. The molecule has 20 nitrogen and oxygen atoms in total. The molecule has 0 radical (unpaired) electrons. The van der Waals surface area contributed by atoms with Crippen molar-refractivity contribution >= 4 is 53.0 Å². The smallest absolute Gasteiger partial charge is 0.481 e. The SMILES string of the molecule is C=P1([O-])OC2C3OP(=O)([O-])OP(=O)([O-])OC3C3OP(=O)(O)OP(=O)(O)OC3C2OP(=O)(O)O1. The maximum atomic E-state index is 12.4. The van der Waals surface area contributed by atoms with E-state index in [1.807, 2.05) is 0 Å². The number of hydrogen-bond donors (Lipinski definition) is 3. The summed E-state index contributed by atoms with van der Waals surface area (Å²) in [6, 6.07) is 0. The van der Waals surface area contributed by atoms with Gasteiger partial charge < -0.3 is 42.9 Å². The Morgan fingerprint density at radius 3 is 1.21 bits per heavy atom. The molecule has 4 aliphatic rings. The predicted octanol–water partition coefficient (Wildman–Crippen LogP) is -1.81. The largest absolute Gasteiger partial charge is 0.788 e. The highest BCUT2D eigenvalue weighted by molar-refractivity contribution is 7.66. The molecule has 3 heterocycles. The molecule has 33 heavy (non-hydrogen) atoms. The van der Waals surface area contributed by atoms with E-state index in [-0.39, 0.29) is 0 Å². The van der Waals surface area contributed by atoms with Crippen LogP contribution in [0.25, 0.3) is 0 Å². The number of phosphoric ester groups is 5. The van der Waals surface area contributed by atoms with Crippen LogP contribution in [0.4, 0.5) is 0 Å². The number of phosphoric acid groups is 5.